The van der Waals surface area contributed by atoms with Gasteiger partial charge in [-0.25, -0.2) is 4.79 Å². The number of aromatic nitrogens is 2. The number of nitrogens with zero attached hydrogens (tertiary/aromatic N) is 3. The molecule has 19 heavy (non-hydrogen) atoms. The molecule has 1 aromatic rings. The minimum absolute atomic E-state index is 0.181. The van der Waals surface area contributed by atoms with E-state index in [2.05, 4.69) is 11.2 Å². The van der Waals surface area contributed by atoms with E-state index >= 15 is 0 Å². The average molecular weight is 263 g/mol. The molecule has 0 N–H and O–H groups in total. The molecule has 1 aromatic heterocycles. The molecule has 5 nitrogen and oxygen atoms in total. The number of hydrogen-bond acceptors (Lipinski definition) is 3. The summed E-state index contributed by atoms with van der Waals surface area (Å²) in [5.74, 6) is 1.68. The van der Waals surface area contributed by atoms with Crippen LogP contribution < -0.4 is 0 Å². The first-order valence-electron chi connectivity index (χ1n) is 6.82. The second kappa shape index (κ2) is 3.99. The fourth-order valence-electron chi connectivity index (χ4n) is 3.05. The lowest BCUT2D eigenvalue weighted by Crippen LogP contribution is -2.36. The molecular weight excluding hydrogens is 242 g/mol. The maximum atomic E-state index is 12.0. The van der Waals surface area contributed by atoms with Gasteiger partial charge in [-0.1, -0.05) is 0 Å². The Labute approximate surface area is 113 Å². The van der Waals surface area contributed by atoms with E-state index in [0.717, 1.165) is 13.1 Å². The monoisotopic (exact) mass is 263 g/mol. The second-order valence-electron chi connectivity index (χ2n) is 6.65. The van der Waals surface area contributed by atoms with E-state index in [4.69, 9.17) is 4.74 Å². The van der Waals surface area contributed by atoms with Crippen molar-refractivity contribution in [3.8, 4) is 0 Å². The first-order chi connectivity index (χ1) is 8.85. The molecular formula is C14H21N3O2. The normalized spacial score (nSPS) is 29.3. The van der Waals surface area contributed by atoms with E-state index in [1.54, 1.807) is 0 Å². The number of fused-ring (bicyclic) bond motifs is 1. The Kier molecular flexibility index (Phi) is 2.62. The average Bonchev–Trinajstić information content (AvgIpc) is 2.67. The molecule has 1 saturated heterocycles. The summed E-state index contributed by atoms with van der Waals surface area (Å²) in [7, 11) is 1.94. The summed E-state index contributed by atoms with van der Waals surface area (Å²) in [5, 5.41) is 4.47. The summed E-state index contributed by atoms with van der Waals surface area (Å²) in [4.78, 5) is 13.8. The van der Waals surface area contributed by atoms with Crippen LogP contribution in [0.15, 0.2) is 12.3 Å². The minimum Gasteiger partial charge on any atom is -0.444 e. The molecule has 3 rings (SSSR count). The molecule has 1 aliphatic heterocycles. The van der Waals surface area contributed by atoms with Crippen molar-refractivity contribution in [2.24, 2.45) is 18.9 Å². The molecule has 0 spiro atoms. The Morgan fingerprint density at radius 2 is 2.00 bits per heavy atom. The number of carbonyl (C=O) groups is 1. The third kappa shape index (κ3) is 2.33. The van der Waals surface area contributed by atoms with Crippen molar-refractivity contribution in [1.29, 1.82) is 0 Å². The van der Waals surface area contributed by atoms with Gasteiger partial charge in [-0.05, 0) is 38.7 Å². The van der Waals surface area contributed by atoms with Crippen LogP contribution in [0, 0.1) is 11.8 Å². The summed E-state index contributed by atoms with van der Waals surface area (Å²) in [6, 6.07) is 2.08. The molecule has 2 heterocycles. The highest BCUT2D eigenvalue weighted by molar-refractivity contribution is 5.69. The molecule has 2 aliphatic rings. The van der Waals surface area contributed by atoms with Crippen molar-refractivity contribution in [2.45, 2.75) is 32.3 Å². The quantitative estimate of drug-likeness (QED) is 0.778. The van der Waals surface area contributed by atoms with Gasteiger partial charge in [0.05, 0.1) is 5.69 Å². The number of carbonyl (C=O) groups excluding carboxylic acids is 1. The van der Waals surface area contributed by atoms with Gasteiger partial charge >= 0.3 is 6.09 Å². The Morgan fingerprint density at radius 1 is 1.37 bits per heavy atom. The van der Waals surface area contributed by atoms with Crippen LogP contribution in [-0.2, 0) is 11.8 Å². The Morgan fingerprint density at radius 3 is 2.47 bits per heavy atom. The predicted molar refractivity (Wildman–Crippen MR) is 70.7 cm³/mol. The van der Waals surface area contributed by atoms with Gasteiger partial charge in [0.15, 0.2) is 0 Å². The van der Waals surface area contributed by atoms with Gasteiger partial charge in [0.1, 0.15) is 5.60 Å². The van der Waals surface area contributed by atoms with Crippen molar-refractivity contribution in [2.75, 3.05) is 13.1 Å². The van der Waals surface area contributed by atoms with Crippen molar-refractivity contribution in [1.82, 2.24) is 14.7 Å². The van der Waals surface area contributed by atoms with Crippen molar-refractivity contribution in [3.05, 3.63) is 18.0 Å². The first-order valence-corrected chi connectivity index (χ1v) is 6.82. The van der Waals surface area contributed by atoms with Crippen LogP contribution in [0.25, 0.3) is 0 Å². The number of hydrogen-bond donors (Lipinski definition) is 0. The van der Waals surface area contributed by atoms with E-state index in [9.17, 15) is 4.79 Å². The molecule has 1 saturated carbocycles. The zero-order valence-electron chi connectivity index (χ0n) is 12.0. The molecule has 1 amide bonds. The summed E-state index contributed by atoms with van der Waals surface area (Å²) >= 11 is 0. The largest absolute Gasteiger partial charge is 0.444 e. The fraction of sp³-hybridized carbons (Fsp3) is 0.714. The molecule has 3 atom stereocenters. The Balaban J connectivity index is 1.57. The highest BCUT2D eigenvalue weighted by atomic mass is 16.6. The number of aryl methyl sites for hydroxylation is 1. The van der Waals surface area contributed by atoms with Crippen LogP contribution in [0.2, 0.25) is 0 Å². The van der Waals surface area contributed by atoms with Gasteiger partial charge in [0, 0.05) is 32.3 Å². The summed E-state index contributed by atoms with van der Waals surface area (Å²) in [6.07, 6.45) is 1.80. The fourth-order valence-corrected chi connectivity index (χ4v) is 3.05. The van der Waals surface area contributed by atoms with Crippen LogP contribution in [-0.4, -0.2) is 39.5 Å². The topological polar surface area (TPSA) is 47.4 Å². The van der Waals surface area contributed by atoms with Gasteiger partial charge < -0.3 is 9.64 Å². The van der Waals surface area contributed by atoms with E-state index in [1.807, 2.05) is 43.6 Å². The van der Waals surface area contributed by atoms with E-state index in [0.29, 0.717) is 17.8 Å². The molecule has 2 fully saturated rings. The number of piperidine rings is 1. The maximum Gasteiger partial charge on any atom is 0.410 e. The molecule has 1 unspecified atom stereocenters. The summed E-state index contributed by atoms with van der Waals surface area (Å²) in [6.45, 7) is 7.32. The van der Waals surface area contributed by atoms with Crippen molar-refractivity contribution >= 4 is 6.09 Å². The van der Waals surface area contributed by atoms with Crippen LogP contribution >= 0.6 is 0 Å². The van der Waals surface area contributed by atoms with Crippen LogP contribution in [0.5, 0.6) is 0 Å². The Bertz CT molecular complexity index is 491. The lowest BCUT2D eigenvalue weighted by atomic mass is 10.2. The van der Waals surface area contributed by atoms with Crippen molar-refractivity contribution < 1.29 is 9.53 Å². The lowest BCUT2D eigenvalue weighted by Gasteiger charge is -2.25. The van der Waals surface area contributed by atoms with Gasteiger partial charge in [-0.15, -0.1) is 0 Å². The first kappa shape index (κ1) is 12.5. The van der Waals surface area contributed by atoms with Gasteiger partial charge in [-0.2, -0.15) is 5.10 Å². The van der Waals surface area contributed by atoms with Gasteiger partial charge in [0.2, 0.25) is 0 Å². The molecule has 5 heteroatoms. The van der Waals surface area contributed by atoms with Gasteiger partial charge in [0.25, 0.3) is 0 Å². The molecule has 1 aliphatic carbocycles. The smallest absolute Gasteiger partial charge is 0.410 e. The molecule has 0 aromatic carbocycles. The number of rotatable bonds is 1. The molecule has 0 bridgehead atoms. The zero-order valence-corrected chi connectivity index (χ0v) is 12.0. The number of amides is 1. The zero-order chi connectivity index (χ0) is 13.8. The highest BCUT2D eigenvalue weighted by Gasteiger charge is 2.58. The number of ether oxygens (including phenoxy) is 1. The van der Waals surface area contributed by atoms with Crippen LogP contribution in [0.3, 0.4) is 0 Å². The third-order valence-corrected chi connectivity index (χ3v) is 3.92. The summed E-state index contributed by atoms with van der Waals surface area (Å²) in [5.41, 5.74) is 0.755. The van der Waals surface area contributed by atoms with Crippen molar-refractivity contribution in [3.63, 3.8) is 0 Å². The van der Waals surface area contributed by atoms with Gasteiger partial charge in [-0.3, -0.25) is 4.68 Å². The Hall–Kier alpha value is -1.52. The minimum atomic E-state index is -0.412. The predicted octanol–water partition coefficient (Wildman–Crippen LogP) is 2.00. The maximum absolute atomic E-state index is 12.0. The highest BCUT2D eigenvalue weighted by Crippen LogP contribution is 2.57. The van der Waals surface area contributed by atoms with E-state index in [1.165, 1.54) is 5.69 Å². The molecule has 104 valence electrons. The SMILES string of the molecule is Cn1ccc(C2[C@H]3CN(C(=O)OC(C)(C)C)C[C@@H]23)n1. The second-order valence-corrected chi connectivity index (χ2v) is 6.65. The third-order valence-electron chi connectivity index (χ3n) is 3.92. The molecule has 0 radical (unpaired) electrons. The summed E-state index contributed by atoms with van der Waals surface area (Å²) < 4.78 is 7.25. The lowest BCUT2D eigenvalue weighted by molar-refractivity contribution is 0.0270. The van der Waals surface area contributed by atoms with Crippen LogP contribution in [0.1, 0.15) is 32.4 Å². The number of likely N-dealkylation sites (tertiary alicyclic amines) is 1. The standard InChI is InChI=1S/C14H21N3O2/c1-14(2,3)19-13(18)17-7-9-10(8-17)12(9)11-5-6-16(4)15-11/h5-6,9-10,12H,7-8H2,1-4H3/t9-,10+,12?. The van der Waals surface area contributed by atoms with Crippen LogP contribution in [0.4, 0.5) is 4.79 Å². The van der Waals surface area contributed by atoms with E-state index in [-0.39, 0.29) is 6.09 Å². The van der Waals surface area contributed by atoms with E-state index < -0.39 is 5.60 Å².